The summed E-state index contributed by atoms with van der Waals surface area (Å²) in [6.45, 7) is 4.84. The molecule has 1 aromatic carbocycles. The predicted molar refractivity (Wildman–Crippen MR) is 78.4 cm³/mol. The monoisotopic (exact) mass is 261 g/mol. The van der Waals surface area contributed by atoms with Gasteiger partial charge in [-0.2, -0.15) is 0 Å². The van der Waals surface area contributed by atoms with Crippen molar-refractivity contribution < 1.29 is 0 Å². The van der Waals surface area contributed by atoms with Gasteiger partial charge in [-0.25, -0.2) is 4.98 Å². The van der Waals surface area contributed by atoms with Crippen LogP contribution in [0.4, 0.5) is 11.4 Å². The molecule has 0 radical (unpaired) electrons. The van der Waals surface area contributed by atoms with Crippen LogP contribution in [0.5, 0.6) is 0 Å². The molecular formula is C13H19N5O. The molecule has 4 N–H and O–H groups in total. The summed E-state index contributed by atoms with van der Waals surface area (Å²) in [4.78, 5) is 20.5. The molecule has 0 amide bonds. The van der Waals surface area contributed by atoms with Gasteiger partial charge < -0.3 is 20.9 Å². The first-order valence-corrected chi connectivity index (χ1v) is 6.31. The van der Waals surface area contributed by atoms with Crippen LogP contribution >= 0.6 is 0 Å². The fourth-order valence-electron chi connectivity index (χ4n) is 1.82. The molecule has 0 aliphatic carbocycles. The predicted octanol–water partition coefficient (Wildman–Crippen LogP) is 0.869. The van der Waals surface area contributed by atoms with Crippen LogP contribution in [0.3, 0.4) is 0 Å². The Morgan fingerprint density at radius 1 is 1.47 bits per heavy atom. The van der Waals surface area contributed by atoms with Crippen LogP contribution in [0, 0.1) is 0 Å². The van der Waals surface area contributed by atoms with E-state index in [-0.39, 0.29) is 5.56 Å². The standard InChI is InChI=1S/C13H19N5O/c1-3-18(2)5-4-15-12-7-11-9(6-10(12)14)13(19)17-8-16-11/h6-8,15H,3-5,14H2,1-2H3,(H,16,17,19). The van der Waals surface area contributed by atoms with E-state index < -0.39 is 0 Å². The van der Waals surface area contributed by atoms with Crippen LogP contribution in [-0.2, 0) is 0 Å². The van der Waals surface area contributed by atoms with E-state index in [0.29, 0.717) is 16.6 Å². The van der Waals surface area contributed by atoms with Crippen molar-refractivity contribution in [2.45, 2.75) is 6.92 Å². The van der Waals surface area contributed by atoms with Gasteiger partial charge in [-0.15, -0.1) is 0 Å². The SMILES string of the molecule is CCN(C)CCNc1cc2nc[nH]c(=O)c2cc1N. The first-order valence-electron chi connectivity index (χ1n) is 6.31. The van der Waals surface area contributed by atoms with Gasteiger partial charge in [-0.05, 0) is 25.7 Å². The molecule has 0 bridgehead atoms. The van der Waals surface area contributed by atoms with E-state index in [9.17, 15) is 4.79 Å². The third kappa shape index (κ3) is 3.03. The molecule has 0 aliphatic heterocycles. The fraction of sp³-hybridized carbons (Fsp3) is 0.385. The Morgan fingerprint density at radius 2 is 2.26 bits per heavy atom. The van der Waals surface area contributed by atoms with Gasteiger partial charge in [0.15, 0.2) is 0 Å². The van der Waals surface area contributed by atoms with E-state index in [0.717, 1.165) is 25.3 Å². The molecule has 102 valence electrons. The zero-order valence-corrected chi connectivity index (χ0v) is 11.2. The molecule has 0 spiro atoms. The quantitative estimate of drug-likeness (QED) is 0.695. The molecule has 1 heterocycles. The number of aromatic nitrogens is 2. The van der Waals surface area contributed by atoms with Gasteiger partial charge in [0.25, 0.3) is 5.56 Å². The smallest absolute Gasteiger partial charge is 0.258 e. The molecule has 1 aromatic heterocycles. The Balaban J connectivity index is 2.20. The van der Waals surface area contributed by atoms with Crippen LogP contribution in [0.1, 0.15) is 6.92 Å². The van der Waals surface area contributed by atoms with Gasteiger partial charge in [-0.3, -0.25) is 4.79 Å². The number of nitrogen functional groups attached to an aromatic ring is 1. The Bertz CT molecular complexity index is 622. The van der Waals surface area contributed by atoms with Crippen LogP contribution in [0.25, 0.3) is 10.9 Å². The number of likely N-dealkylation sites (N-methyl/N-ethyl adjacent to an activating group) is 1. The summed E-state index contributed by atoms with van der Waals surface area (Å²) in [7, 11) is 2.06. The maximum atomic E-state index is 11.6. The van der Waals surface area contributed by atoms with Crippen molar-refractivity contribution in [1.29, 1.82) is 0 Å². The lowest BCUT2D eigenvalue weighted by Gasteiger charge is -2.15. The summed E-state index contributed by atoms with van der Waals surface area (Å²) >= 11 is 0. The normalized spacial score (nSPS) is 11.1. The minimum Gasteiger partial charge on any atom is -0.397 e. The molecule has 0 aliphatic rings. The first-order chi connectivity index (χ1) is 9.11. The molecule has 2 aromatic rings. The summed E-state index contributed by atoms with van der Waals surface area (Å²) < 4.78 is 0. The first kappa shape index (κ1) is 13.4. The average Bonchev–Trinajstić information content (AvgIpc) is 2.40. The van der Waals surface area contributed by atoms with E-state index in [4.69, 9.17) is 5.73 Å². The van der Waals surface area contributed by atoms with Crippen LogP contribution < -0.4 is 16.6 Å². The van der Waals surface area contributed by atoms with Crippen LogP contribution in [-0.4, -0.2) is 41.5 Å². The number of fused-ring (bicyclic) bond motifs is 1. The maximum Gasteiger partial charge on any atom is 0.258 e. The van der Waals surface area contributed by atoms with Gasteiger partial charge in [-0.1, -0.05) is 6.92 Å². The number of H-pyrrole nitrogens is 1. The lowest BCUT2D eigenvalue weighted by Crippen LogP contribution is -2.25. The number of hydrogen-bond acceptors (Lipinski definition) is 5. The zero-order valence-electron chi connectivity index (χ0n) is 11.2. The second kappa shape index (κ2) is 5.71. The summed E-state index contributed by atoms with van der Waals surface area (Å²) in [6.07, 6.45) is 1.40. The van der Waals surface area contributed by atoms with Crippen LogP contribution in [0.2, 0.25) is 0 Å². The molecule has 0 atom stereocenters. The second-order valence-electron chi connectivity index (χ2n) is 4.51. The van der Waals surface area contributed by atoms with Crippen molar-refractivity contribution >= 4 is 22.3 Å². The highest BCUT2D eigenvalue weighted by atomic mass is 16.1. The second-order valence-corrected chi connectivity index (χ2v) is 4.51. The van der Waals surface area contributed by atoms with Crippen molar-refractivity contribution in [3.8, 4) is 0 Å². The number of benzene rings is 1. The number of aromatic amines is 1. The van der Waals surface area contributed by atoms with Gasteiger partial charge in [0.05, 0.1) is 28.6 Å². The number of hydrogen-bond donors (Lipinski definition) is 3. The summed E-state index contributed by atoms with van der Waals surface area (Å²) in [5, 5.41) is 3.78. The summed E-state index contributed by atoms with van der Waals surface area (Å²) in [6, 6.07) is 3.47. The van der Waals surface area contributed by atoms with Crippen LogP contribution in [0.15, 0.2) is 23.3 Å². The Kier molecular flexibility index (Phi) is 4.01. The number of nitrogens with zero attached hydrogens (tertiary/aromatic N) is 2. The number of rotatable bonds is 5. The van der Waals surface area contributed by atoms with Gasteiger partial charge >= 0.3 is 0 Å². The highest BCUT2D eigenvalue weighted by molar-refractivity contribution is 5.88. The summed E-state index contributed by atoms with van der Waals surface area (Å²) in [5.41, 5.74) is 7.79. The van der Waals surface area contributed by atoms with Crippen molar-refractivity contribution in [3.05, 3.63) is 28.8 Å². The topological polar surface area (TPSA) is 87.0 Å². The van der Waals surface area contributed by atoms with E-state index in [2.05, 4.69) is 34.2 Å². The molecule has 0 unspecified atom stereocenters. The molecular weight excluding hydrogens is 242 g/mol. The minimum atomic E-state index is -0.172. The van der Waals surface area contributed by atoms with E-state index in [1.165, 1.54) is 6.33 Å². The molecule has 6 heteroatoms. The largest absolute Gasteiger partial charge is 0.397 e. The highest BCUT2D eigenvalue weighted by Crippen LogP contribution is 2.22. The van der Waals surface area contributed by atoms with Crippen molar-refractivity contribution in [3.63, 3.8) is 0 Å². The van der Waals surface area contributed by atoms with E-state index in [1.807, 2.05) is 6.07 Å². The minimum absolute atomic E-state index is 0.172. The Labute approximate surface area is 111 Å². The maximum absolute atomic E-state index is 11.6. The average molecular weight is 261 g/mol. The third-order valence-electron chi connectivity index (χ3n) is 3.16. The number of nitrogens with two attached hydrogens (primary N) is 1. The van der Waals surface area contributed by atoms with Gasteiger partial charge in [0, 0.05) is 13.1 Å². The van der Waals surface area contributed by atoms with E-state index in [1.54, 1.807) is 6.07 Å². The molecule has 0 saturated carbocycles. The van der Waals surface area contributed by atoms with Crippen molar-refractivity contribution in [2.75, 3.05) is 37.7 Å². The van der Waals surface area contributed by atoms with Crippen molar-refractivity contribution in [2.24, 2.45) is 0 Å². The third-order valence-corrected chi connectivity index (χ3v) is 3.16. The number of nitrogens with one attached hydrogen (secondary N) is 2. The molecule has 6 nitrogen and oxygen atoms in total. The molecule has 2 rings (SSSR count). The Morgan fingerprint density at radius 3 is 3.00 bits per heavy atom. The summed E-state index contributed by atoms with van der Waals surface area (Å²) in [5.74, 6) is 0. The Hall–Kier alpha value is -2.08. The lowest BCUT2D eigenvalue weighted by molar-refractivity contribution is 0.367. The van der Waals surface area contributed by atoms with Crippen molar-refractivity contribution in [1.82, 2.24) is 14.9 Å². The number of anilines is 2. The van der Waals surface area contributed by atoms with E-state index >= 15 is 0 Å². The van der Waals surface area contributed by atoms with Gasteiger partial charge in [0.2, 0.25) is 0 Å². The molecule has 0 saturated heterocycles. The lowest BCUT2D eigenvalue weighted by atomic mass is 10.2. The zero-order chi connectivity index (χ0) is 13.8. The molecule has 19 heavy (non-hydrogen) atoms. The van der Waals surface area contributed by atoms with Gasteiger partial charge in [0.1, 0.15) is 0 Å². The molecule has 0 fully saturated rings. The fourth-order valence-corrected chi connectivity index (χ4v) is 1.82. The highest BCUT2D eigenvalue weighted by Gasteiger charge is 2.05.